The van der Waals surface area contributed by atoms with Gasteiger partial charge in [-0.2, -0.15) is 4.57 Å². The molecule has 0 bridgehead atoms. The van der Waals surface area contributed by atoms with Crippen molar-refractivity contribution in [2.24, 2.45) is 0 Å². The second kappa shape index (κ2) is 7.65. The van der Waals surface area contributed by atoms with Gasteiger partial charge in [0.1, 0.15) is 17.0 Å². The summed E-state index contributed by atoms with van der Waals surface area (Å²) in [6.45, 7) is 5.02. The van der Waals surface area contributed by atoms with E-state index in [1.807, 2.05) is 19.1 Å². The summed E-state index contributed by atoms with van der Waals surface area (Å²) in [6.07, 6.45) is 2.94. The van der Waals surface area contributed by atoms with Crippen LogP contribution in [0.3, 0.4) is 0 Å². The van der Waals surface area contributed by atoms with Gasteiger partial charge in [-0.15, -0.1) is 11.8 Å². The third kappa shape index (κ3) is 3.81. The summed E-state index contributed by atoms with van der Waals surface area (Å²) in [5.74, 6) is 0.164. The first-order valence-electron chi connectivity index (χ1n) is 7.14. The fourth-order valence-corrected chi connectivity index (χ4v) is 4.14. The molecule has 0 aliphatic carbocycles. The van der Waals surface area contributed by atoms with Gasteiger partial charge in [0.15, 0.2) is 0 Å². The molecule has 0 unspecified atom stereocenters. The first-order valence-corrected chi connectivity index (χ1v) is 8.94. The summed E-state index contributed by atoms with van der Waals surface area (Å²) < 4.78 is 8.74. The average molecular weight is 338 g/mol. The molecule has 0 amide bonds. The second-order valence-electron chi connectivity index (χ2n) is 4.66. The Morgan fingerprint density at radius 1 is 1.45 bits per heavy atom. The summed E-state index contributed by atoms with van der Waals surface area (Å²) in [5.41, 5.74) is 1.15. The van der Waals surface area contributed by atoms with Crippen molar-refractivity contribution >= 4 is 45.4 Å². The van der Waals surface area contributed by atoms with Crippen LogP contribution in [0.4, 0.5) is 0 Å². The Hall–Kier alpha value is -1.53. The van der Waals surface area contributed by atoms with Crippen molar-refractivity contribution in [1.82, 2.24) is 0 Å². The van der Waals surface area contributed by atoms with E-state index in [-0.39, 0.29) is 5.75 Å². The zero-order chi connectivity index (χ0) is 16.1. The predicted octanol–water partition coefficient (Wildman–Crippen LogP) is 3.79. The van der Waals surface area contributed by atoms with E-state index in [4.69, 9.17) is 9.84 Å². The molecule has 2 rings (SSSR count). The highest BCUT2D eigenvalue weighted by Crippen LogP contribution is 2.28. The normalized spacial score (nSPS) is 11.9. The van der Waals surface area contributed by atoms with Gasteiger partial charge in [-0.1, -0.05) is 18.3 Å². The van der Waals surface area contributed by atoms with Crippen LogP contribution >= 0.6 is 23.1 Å². The number of carbonyl (C=O) groups is 1. The number of aromatic nitrogens is 1. The first kappa shape index (κ1) is 16.8. The van der Waals surface area contributed by atoms with Crippen LogP contribution in [0.5, 0.6) is 5.75 Å². The Kier molecular flexibility index (Phi) is 5.85. The fourth-order valence-electron chi connectivity index (χ4n) is 2.18. The molecule has 0 spiro atoms. The maximum absolute atomic E-state index is 10.7. The smallest absolute Gasteiger partial charge is 0.313 e. The lowest BCUT2D eigenvalue weighted by atomic mass is 10.3. The standard InChI is InChI=1S/C16H19NO3S2/c1-4-12(21-10-16(18)19)9-15-17(5-2)13-8-11(20-3)6-7-14(13)22-15/h6-9H,4-5,10H2,1-3H3/p+1/b12-9-. The van der Waals surface area contributed by atoms with E-state index in [0.29, 0.717) is 0 Å². The van der Waals surface area contributed by atoms with Crippen LogP contribution in [0.2, 0.25) is 0 Å². The molecule has 0 saturated heterocycles. The molecule has 0 fully saturated rings. The van der Waals surface area contributed by atoms with Crippen molar-refractivity contribution in [1.29, 1.82) is 0 Å². The van der Waals surface area contributed by atoms with E-state index < -0.39 is 5.97 Å². The minimum Gasteiger partial charge on any atom is -0.497 e. The number of methoxy groups -OCH3 is 1. The molecule has 0 atom stereocenters. The number of ether oxygens (including phenoxy) is 1. The van der Waals surface area contributed by atoms with Crippen LogP contribution in [0, 0.1) is 0 Å². The van der Waals surface area contributed by atoms with Gasteiger partial charge in [0.2, 0.25) is 5.52 Å². The monoisotopic (exact) mass is 338 g/mol. The molecule has 1 N–H and O–H groups in total. The number of aryl methyl sites for hydroxylation is 1. The number of rotatable bonds is 7. The Bertz CT molecular complexity index is 707. The molecule has 1 aromatic carbocycles. The molecule has 118 valence electrons. The zero-order valence-electron chi connectivity index (χ0n) is 13.0. The topological polar surface area (TPSA) is 50.4 Å². The van der Waals surface area contributed by atoms with Gasteiger partial charge in [-0.3, -0.25) is 4.79 Å². The number of thioether (sulfide) groups is 1. The Morgan fingerprint density at radius 3 is 2.82 bits per heavy atom. The van der Waals surface area contributed by atoms with Gasteiger partial charge in [-0.05, 0) is 30.4 Å². The van der Waals surface area contributed by atoms with Crippen molar-refractivity contribution in [3.8, 4) is 5.75 Å². The molecule has 6 heteroatoms. The molecular weight excluding hydrogens is 318 g/mol. The Balaban J connectivity index is 2.43. The second-order valence-corrected chi connectivity index (χ2v) is 6.83. The highest BCUT2D eigenvalue weighted by Gasteiger charge is 2.18. The molecule has 0 aliphatic rings. The summed E-state index contributed by atoms with van der Waals surface area (Å²) in [4.78, 5) is 11.8. The van der Waals surface area contributed by atoms with Crippen LogP contribution in [-0.2, 0) is 11.3 Å². The summed E-state index contributed by atoms with van der Waals surface area (Å²) >= 11 is 3.11. The quantitative estimate of drug-likeness (QED) is 0.781. The lowest BCUT2D eigenvalue weighted by Gasteiger charge is -2.00. The van der Waals surface area contributed by atoms with Crippen LogP contribution in [0.15, 0.2) is 23.1 Å². The number of fused-ring (bicyclic) bond motifs is 1. The lowest BCUT2D eigenvalue weighted by molar-refractivity contribution is -0.665. The largest absolute Gasteiger partial charge is 0.497 e. The van der Waals surface area contributed by atoms with E-state index in [9.17, 15) is 4.79 Å². The van der Waals surface area contributed by atoms with Crippen molar-refractivity contribution in [3.05, 3.63) is 28.1 Å². The first-order chi connectivity index (χ1) is 10.6. The maximum Gasteiger partial charge on any atom is 0.313 e. The molecule has 4 nitrogen and oxygen atoms in total. The van der Waals surface area contributed by atoms with Crippen LogP contribution in [-0.4, -0.2) is 23.9 Å². The van der Waals surface area contributed by atoms with Gasteiger partial charge in [0, 0.05) is 6.08 Å². The average Bonchev–Trinajstić information content (AvgIpc) is 2.86. The Labute approximate surface area is 138 Å². The number of allylic oxidation sites excluding steroid dienone is 1. The number of nitrogens with zero attached hydrogens (tertiary/aromatic N) is 1. The van der Waals surface area contributed by atoms with Gasteiger partial charge in [0.25, 0.3) is 5.01 Å². The number of hydrogen-bond donors (Lipinski definition) is 1. The van der Waals surface area contributed by atoms with Gasteiger partial charge < -0.3 is 9.84 Å². The number of hydrogen-bond acceptors (Lipinski definition) is 4. The zero-order valence-corrected chi connectivity index (χ0v) is 14.6. The molecule has 0 aliphatic heterocycles. The van der Waals surface area contributed by atoms with Gasteiger partial charge >= 0.3 is 5.97 Å². The van der Waals surface area contributed by atoms with Crippen molar-refractivity contribution in [2.45, 2.75) is 26.8 Å². The molecule has 1 heterocycles. The Morgan fingerprint density at radius 2 is 2.23 bits per heavy atom. The minimum atomic E-state index is -0.784. The minimum absolute atomic E-state index is 0.102. The van der Waals surface area contributed by atoms with Crippen molar-refractivity contribution < 1.29 is 19.2 Å². The number of carboxylic acid groups (broad SMARTS) is 1. The number of carboxylic acids is 1. The molecular formula is C16H20NO3S2+. The maximum atomic E-state index is 10.7. The highest BCUT2D eigenvalue weighted by atomic mass is 32.2. The van der Waals surface area contributed by atoms with Crippen molar-refractivity contribution in [2.75, 3.05) is 12.9 Å². The summed E-state index contributed by atoms with van der Waals surface area (Å²) in [6, 6.07) is 6.08. The molecule has 2 aromatic rings. The van der Waals surface area contributed by atoms with Gasteiger partial charge in [0.05, 0.1) is 18.9 Å². The van der Waals surface area contributed by atoms with Crippen LogP contribution < -0.4 is 9.30 Å². The van der Waals surface area contributed by atoms with Crippen LogP contribution in [0.1, 0.15) is 25.3 Å². The molecule has 1 aromatic heterocycles. The van der Waals surface area contributed by atoms with Gasteiger partial charge in [-0.25, -0.2) is 0 Å². The third-order valence-electron chi connectivity index (χ3n) is 3.27. The van der Waals surface area contributed by atoms with E-state index in [0.717, 1.165) is 34.1 Å². The predicted molar refractivity (Wildman–Crippen MR) is 92.6 cm³/mol. The number of thiazole rings is 1. The van der Waals surface area contributed by atoms with E-state index in [2.05, 4.69) is 23.6 Å². The van der Waals surface area contributed by atoms with E-state index in [1.165, 1.54) is 16.5 Å². The fraction of sp³-hybridized carbons (Fsp3) is 0.375. The van der Waals surface area contributed by atoms with Crippen molar-refractivity contribution in [3.63, 3.8) is 0 Å². The lowest BCUT2D eigenvalue weighted by Crippen LogP contribution is -2.33. The van der Waals surface area contributed by atoms with E-state index in [1.54, 1.807) is 18.4 Å². The molecule has 0 saturated carbocycles. The number of benzene rings is 1. The highest BCUT2D eigenvalue weighted by molar-refractivity contribution is 8.03. The summed E-state index contributed by atoms with van der Waals surface area (Å²) in [7, 11) is 1.67. The van der Waals surface area contributed by atoms with E-state index >= 15 is 0 Å². The summed E-state index contributed by atoms with van der Waals surface area (Å²) in [5, 5.41) is 9.97. The molecule has 22 heavy (non-hydrogen) atoms. The van der Waals surface area contributed by atoms with Crippen LogP contribution in [0.25, 0.3) is 16.3 Å². The third-order valence-corrected chi connectivity index (χ3v) is 5.55. The SMILES string of the molecule is CC/C(=C/c1sc2ccc(OC)cc2[n+]1CC)SCC(=O)O. The number of aliphatic carboxylic acids is 1. The molecule has 0 radical (unpaired) electrons.